The Morgan fingerprint density at radius 1 is 1.06 bits per heavy atom. The molecule has 0 rings (SSSR count). The van der Waals surface area contributed by atoms with E-state index in [1.54, 1.807) is 0 Å². The van der Waals surface area contributed by atoms with Gasteiger partial charge in [-0.05, 0) is 30.1 Å². The third-order valence-electron chi connectivity index (χ3n) is 3.24. The highest BCUT2D eigenvalue weighted by atomic mass is 16.5. The third kappa shape index (κ3) is 9.76. The second-order valence-electron chi connectivity index (χ2n) is 7.78. The molecule has 0 spiro atoms. The minimum Gasteiger partial charge on any atom is -0.374 e. The Balaban J connectivity index is 4.21. The molecule has 0 radical (unpaired) electrons. The average Bonchev–Trinajstić information content (AvgIpc) is 2.19. The van der Waals surface area contributed by atoms with Crippen LogP contribution in [0.4, 0.5) is 0 Å². The van der Waals surface area contributed by atoms with E-state index in [4.69, 9.17) is 4.74 Å². The lowest BCUT2D eigenvalue weighted by atomic mass is 9.85. The van der Waals surface area contributed by atoms with Gasteiger partial charge in [0.1, 0.15) is 7.85 Å². The molecule has 0 aromatic heterocycles. The lowest BCUT2D eigenvalue weighted by Crippen LogP contribution is -2.21. The van der Waals surface area contributed by atoms with Gasteiger partial charge in [-0.25, -0.2) is 0 Å². The summed E-state index contributed by atoms with van der Waals surface area (Å²) >= 11 is 0. The molecule has 1 atom stereocenters. The molecular weight excluding hydrogens is 219 g/mol. The Hall–Kier alpha value is -0.235. The number of hydrogen-bond acceptors (Lipinski definition) is 1. The van der Waals surface area contributed by atoms with E-state index in [0.29, 0.717) is 10.8 Å². The van der Waals surface area contributed by atoms with Crippen molar-refractivity contribution in [2.75, 3.05) is 6.61 Å². The van der Waals surface area contributed by atoms with E-state index >= 15 is 0 Å². The van der Waals surface area contributed by atoms with Crippen LogP contribution in [0.3, 0.4) is 0 Å². The fraction of sp³-hybridized carbons (Fsp3) is 0.875. The van der Waals surface area contributed by atoms with Crippen molar-refractivity contribution < 1.29 is 4.74 Å². The summed E-state index contributed by atoms with van der Waals surface area (Å²) in [5.41, 5.74) is 1.97. The van der Waals surface area contributed by atoms with Gasteiger partial charge in [0.05, 0.1) is 6.10 Å². The summed E-state index contributed by atoms with van der Waals surface area (Å²) in [4.78, 5) is 0. The second-order valence-corrected chi connectivity index (χ2v) is 7.78. The Morgan fingerprint density at radius 2 is 1.56 bits per heavy atom. The quantitative estimate of drug-likeness (QED) is 0.486. The maximum Gasteiger partial charge on any atom is 0.106 e. The van der Waals surface area contributed by atoms with Crippen LogP contribution < -0.4 is 0 Å². The molecule has 0 aromatic rings. The Kier molecular flexibility index (Phi) is 7.28. The largest absolute Gasteiger partial charge is 0.374 e. The van der Waals surface area contributed by atoms with Crippen LogP contribution in [-0.4, -0.2) is 20.6 Å². The monoisotopic (exact) mass is 252 g/mol. The molecule has 106 valence electrons. The van der Waals surface area contributed by atoms with Gasteiger partial charge in [0.2, 0.25) is 0 Å². The maximum absolute atomic E-state index is 6.07. The zero-order valence-corrected chi connectivity index (χ0v) is 13.7. The van der Waals surface area contributed by atoms with E-state index in [-0.39, 0.29) is 6.10 Å². The van der Waals surface area contributed by atoms with Crippen molar-refractivity contribution >= 4 is 7.85 Å². The zero-order valence-electron chi connectivity index (χ0n) is 13.7. The lowest BCUT2D eigenvalue weighted by Gasteiger charge is -2.26. The van der Waals surface area contributed by atoms with Crippen LogP contribution in [-0.2, 0) is 4.74 Å². The fourth-order valence-corrected chi connectivity index (χ4v) is 1.70. The Bertz CT molecular complexity index is 245. The average molecular weight is 252 g/mol. The molecule has 0 amide bonds. The van der Waals surface area contributed by atoms with Crippen LogP contribution in [0, 0.1) is 10.8 Å². The SMILES string of the molecule is BCC(=C)C(CCC(C)(C)C)OCCC(C)(C)C. The number of rotatable bonds is 7. The Morgan fingerprint density at radius 3 is 1.94 bits per heavy atom. The van der Waals surface area contributed by atoms with Gasteiger partial charge >= 0.3 is 0 Å². The molecule has 0 bridgehead atoms. The molecule has 1 nitrogen and oxygen atoms in total. The van der Waals surface area contributed by atoms with Crippen molar-refractivity contribution in [3.8, 4) is 0 Å². The summed E-state index contributed by atoms with van der Waals surface area (Å²) in [7, 11) is 2.17. The first-order chi connectivity index (χ1) is 8.05. The van der Waals surface area contributed by atoms with Crippen molar-refractivity contribution in [2.24, 2.45) is 10.8 Å². The van der Waals surface area contributed by atoms with Crippen LogP contribution in [0.25, 0.3) is 0 Å². The molecule has 0 aliphatic heterocycles. The van der Waals surface area contributed by atoms with Gasteiger partial charge in [-0.15, -0.1) is 0 Å². The molecule has 0 heterocycles. The van der Waals surface area contributed by atoms with Crippen molar-refractivity contribution in [3.05, 3.63) is 12.2 Å². The minimum atomic E-state index is 0.247. The van der Waals surface area contributed by atoms with Crippen LogP contribution >= 0.6 is 0 Å². The van der Waals surface area contributed by atoms with Crippen LogP contribution in [0.5, 0.6) is 0 Å². The van der Waals surface area contributed by atoms with Crippen LogP contribution in [0.1, 0.15) is 60.8 Å². The summed E-state index contributed by atoms with van der Waals surface area (Å²) in [5.74, 6) is 0. The summed E-state index contributed by atoms with van der Waals surface area (Å²) in [6, 6.07) is 0. The molecular formula is C16H33BO. The van der Waals surface area contributed by atoms with E-state index < -0.39 is 0 Å². The van der Waals surface area contributed by atoms with Gasteiger partial charge in [-0.1, -0.05) is 60.0 Å². The van der Waals surface area contributed by atoms with Crippen molar-refractivity contribution in [3.63, 3.8) is 0 Å². The lowest BCUT2D eigenvalue weighted by molar-refractivity contribution is 0.0479. The molecule has 0 saturated carbocycles. The molecule has 0 N–H and O–H groups in total. The first-order valence-electron chi connectivity index (χ1n) is 7.34. The van der Waals surface area contributed by atoms with Crippen molar-refractivity contribution in [2.45, 2.75) is 73.2 Å². The highest BCUT2D eigenvalue weighted by molar-refractivity contribution is 6.10. The second kappa shape index (κ2) is 7.38. The van der Waals surface area contributed by atoms with Crippen molar-refractivity contribution in [1.29, 1.82) is 0 Å². The highest BCUT2D eigenvalue weighted by Crippen LogP contribution is 2.26. The molecule has 0 saturated heterocycles. The van der Waals surface area contributed by atoms with E-state index in [1.165, 1.54) is 12.0 Å². The molecule has 18 heavy (non-hydrogen) atoms. The number of hydrogen-bond donors (Lipinski definition) is 0. The summed E-state index contributed by atoms with van der Waals surface area (Å²) in [6.07, 6.45) is 4.66. The van der Waals surface area contributed by atoms with E-state index in [9.17, 15) is 0 Å². The predicted molar refractivity (Wildman–Crippen MR) is 85.0 cm³/mol. The molecule has 0 aliphatic rings. The molecule has 0 aromatic carbocycles. The highest BCUT2D eigenvalue weighted by Gasteiger charge is 2.18. The van der Waals surface area contributed by atoms with Gasteiger partial charge in [0.25, 0.3) is 0 Å². The zero-order chi connectivity index (χ0) is 14.4. The fourth-order valence-electron chi connectivity index (χ4n) is 1.70. The van der Waals surface area contributed by atoms with E-state index in [1.807, 2.05) is 0 Å². The first kappa shape index (κ1) is 17.8. The number of ether oxygens (including phenoxy) is 1. The first-order valence-corrected chi connectivity index (χ1v) is 7.34. The molecule has 2 heteroatoms. The predicted octanol–water partition coefficient (Wildman–Crippen LogP) is 4.24. The third-order valence-corrected chi connectivity index (χ3v) is 3.24. The smallest absolute Gasteiger partial charge is 0.106 e. The topological polar surface area (TPSA) is 9.23 Å². The minimum absolute atomic E-state index is 0.247. The van der Waals surface area contributed by atoms with E-state index in [2.05, 4.69) is 56.0 Å². The summed E-state index contributed by atoms with van der Waals surface area (Å²) < 4.78 is 6.07. The van der Waals surface area contributed by atoms with Gasteiger partial charge in [0.15, 0.2) is 0 Å². The molecule has 1 unspecified atom stereocenters. The van der Waals surface area contributed by atoms with Gasteiger partial charge in [-0.2, -0.15) is 0 Å². The van der Waals surface area contributed by atoms with E-state index in [0.717, 1.165) is 25.8 Å². The van der Waals surface area contributed by atoms with Gasteiger partial charge < -0.3 is 4.74 Å². The standard InChI is InChI=1S/C16H33BO/c1-13(12-17)14(8-9-15(2,3)4)18-11-10-16(5,6)7/h14H,1,8-12,17H2,2-7H3. The van der Waals surface area contributed by atoms with Crippen molar-refractivity contribution in [1.82, 2.24) is 0 Å². The summed E-state index contributed by atoms with van der Waals surface area (Å²) in [5, 5.41) is 0. The van der Waals surface area contributed by atoms with Gasteiger partial charge in [0, 0.05) is 6.61 Å². The van der Waals surface area contributed by atoms with Crippen LogP contribution in [0.15, 0.2) is 12.2 Å². The molecule has 0 fully saturated rings. The normalized spacial score (nSPS) is 14.6. The maximum atomic E-state index is 6.07. The Labute approximate surface area is 116 Å². The summed E-state index contributed by atoms with van der Waals surface area (Å²) in [6.45, 7) is 18.6. The van der Waals surface area contributed by atoms with Gasteiger partial charge in [-0.3, -0.25) is 0 Å². The van der Waals surface area contributed by atoms with Crippen LogP contribution in [0.2, 0.25) is 6.32 Å². The molecule has 0 aliphatic carbocycles.